The number of aromatic nitrogens is 1. The van der Waals surface area contributed by atoms with Gasteiger partial charge in [0, 0.05) is 42.7 Å². The molecule has 0 spiro atoms. The molecular weight excluding hydrogens is 472 g/mol. The maximum Gasteiger partial charge on any atom is 0.252 e. The Morgan fingerprint density at radius 2 is 2.00 bits per heavy atom. The summed E-state index contributed by atoms with van der Waals surface area (Å²) in [6.07, 6.45) is 2.71. The summed E-state index contributed by atoms with van der Waals surface area (Å²) in [7, 11) is 0. The summed E-state index contributed by atoms with van der Waals surface area (Å²) in [5.74, 6) is 0.845. The van der Waals surface area contributed by atoms with Crippen molar-refractivity contribution in [3.05, 3.63) is 87.7 Å². The van der Waals surface area contributed by atoms with Crippen molar-refractivity contribution < 1.29 is 23.9 Å². The molecule has 6 rings (SSSR count). The number of aryl methyl sites for hydroxylation is 1. The maximum atomic E-state index is 13.2. The minimum atomic E-state index is -0.310. The lowest BCUT2D eigenvalue weighted by atomic mass is 9.94. The molecule has 0 radical (unpaired) electrons. The zero-order valence-electron chi connectivity index (χ0n) is 20.4. The smallest absolute Gasteiger partial charge is 0.252 e. The number of rotatable bonds is 5. The molecule has 2 N–H and O–H groups in total. The Kier molecular flexibility index (Phi) is 5.75. The van der Waals surface area contributed by atoms with Gasteiger partial charge in [-0.05, 0) is 59.9 Å². The first-order valence-corrected chi connectivity index (χ1v) is 12.3. The van der Waals surface area contributed by atoms with Crippen LogP contribution in [-0.2, 0) is 24.3 Å². The van der Waals surface area contributed by atoms with Crippen LogP contribution in [0.25, 0.3) is 0 Å². The highest BCUT2D eigenvalue weighted by Crippen LogP contribution is 2.33. The topological polar surface area (TPSA) is 110 Å². The molecule has 2 aromatic carbocycles. The fourth-order valence-corrected chi connectivity index (χ4v) is 5.26. The molecule has 0 fully saturated rings. The molecule has 3 aliphatic rings. The molecule has 9 heteroatoms. The molecule has 0 saturated heterocycles. The van der Waals surface area contributed by atoms with Crippen LogP contribution in [-0.4, -0.2) is 40.9 Å². The van der Waals surface area contributed by atoms with Crippen LogP contribution in [0.3, 0.4) is 0 Å². The van der Waals surface area contributed by atoms with E-state index in [0.29, 0.717) is 48.7 Å². The van der Waals surface area contributed by atoms with Gasteiger partial charge in [-0.3, -0.25) is 19.4 Å². The van der Waals surface area contributed by atoms with E-state index >= 15 is 0 Å². The van der Waals surface area contributed by atoms with Gasteiger partial charge in [-0.15, -0.1) is 0 Å². The molecule has 1 aromatic heterocycles. The summed E-state index contributed by atoms with van der Waals surface area (Å²) in [5.41, 5.74) is 5.95. The highest BCUT2D eigenvalue weighted by molar-refractivity contribution is 5.99. The Labute approximate surface area is 213 Å². The molecule has 1 atom stereocenters. The van der Waals surface area contributed by atoms with E-state index in [-0.39, 0.29) is 37.0 Å². The van der Waals surface area contributed by atoms with Crippen molar-refractivity contribution in [1.82, 2.24) is 20.5 Å². The van der Waals surface area contributed by atoms with E-state index in [1.54, 1.807) is 24.3 Å². The van der Waals surface area contributed by atoms with Gasteiger partial charge in [0.2, 0.25) is 12.7 Å². The SMILES string of the molecule is Cc1ncc2c(c1CNC(=O)c1ccc3c(c1)OCO3)CCN(C(=O)CC1NC(=O)c3ccccc31)C2. The van der Waals surface area contributed by atoms with Gasteiger partial charge in [-0.25, -0.2) is 0 Å². The third-order valence-electron chi connectivity index (χ3n) is 7.27. The number of pyridine rings is 1. The molecular formula is C28H26N4O5. The van der Waals surface area contributed by atoms with Crippen LogP contribution in [0.4, 0.5) is 0 Å². The molecule has 1 unspecified atom stereocenters. The summed E-state index contributed by atoms with van der Waals surface area (Å²) in [5, 5.41) is 5.92. The van der Waals surface area contributed by atoms with Gasteiger partial charge < -0.3 is 25.0 Å². The van der Waals surface area contributed by atoms with Gasteiger partial charge in [0.25, 0.3) is 11.8 Å². The Balaban J connectivity index is 1.13. The monoisotopic (exact) mass is 498 g/mol. The number of hydrogen-bond acceptors (Lipinski definition) is 6. The van der Waals surface area contributed by atoms with Gasteiger partial charge in [0.15, 0.2) is 11.5 Å². The predicted molar refractivity (Wildman–Crippen MR) is 133 cm³/mol. The van der Waals surface area contributed by atoms with E-state index < -0.39 is 0 Å². The van der Waals surface area contributed by atoms with E-state index in [9.17, 15) is 14.4 Å². The van der Waals surface area contributed by atoms with Crippen LogP contribution in [0.2, 0.25) is 0 Å². The fraction of sp³-hybridized carbons (Fsp3) is 0.286. The third-order valence-corrected chi connectivity index (χ3v) is 7.27. The third kappa shape index (κ3) is 4.26. The number of ether oxygens (including phenoxy) is 2. The summed E-state index contributed by atoms with van der Waals surface area (Å²) >= 11 is 0. The number of fused-ring (bicyclic) bond motifs is 3. The van der Waals surface area contributed by atoms with Crippen molar-refractivity contribution in [2.24, 2.45) is 0 Å². The van der Waals surface area contributed by atoms with Crippen molar-refractivity contribution in [1.29, 1.82) is 0 Å². The Hall–Kier alpha value is -4.40. The molecule has 3 amide bonds. The number of benzene rings is 2. The summed E-state index contributed by atoms with van der Waals surface area (Å²) in [6.45, 7) is 3.45. The molecule has 0 saturated carbocycles. The van der Waals surface area contributed by atoms with E-state index in [0.717, 1.165) is 27.9 Å². The number of carbonyl (C=O) groups excluding carboxylic acids is 3. The molecule has 0 bridgehead atoms. The van der Waals surface area contributed by atoms with E-state index in [1.165, 1.54) is 0 Å². The lowest BCUT2D eigenvalue weighted by Crippen LogP contribution is -2.38. The number of amides is 3. The summed E-state index contributed by atoms with van der Waals surface area (Å²) in [6, 6.07) is 12.2. The molecule has 9 nitrogen and oxygen atoms in total. The first-order chi connectivity index (χ1) is 18.0. The van der Waals surface area contributed by atoms with Gasteiger partial charge in [-0.2, -0.15) is 0 Å². The molecule has 188 valence electrons. The number of nitrogens with one attached hydrogen (secondary N) is 2. The molecule has 0 aliphatic carbocycles. The number of nitrogens with zero attached hydrogens (tertiary/aromatic N) is 2. The van der Waals surface area contributed by atoms with Crippen molar-refractivity contribution in [3.8, 4) is 11.5 Å². The molecule has 3 aromatic rings. The molecule has 3 aliphatic heterocycles. The lowest BCUT2D eigenvalue weighted by Gasteiger charge is -2.31. The van der Waals surface area contributed by atoms with Gasteiger partial charge in [-0.1, -0.05) is 18.2 Å². The highest BCUT2D eigenvalue weighted by atomic mass is 16.7. The minimum absolute atomic E-state index is 0.00844. The van der Waals surface area contributed by atoms with E-state index in [4.69, 9.17) is 9.47 Å². The van der Waals surface area contributed by atoms with Crippen molar-refractivity contribution >= 4 is 17.7 Å². The Morgan fingerprint density at radius 3 is 2.89 bits per heavy atom. The first kappa shape index (κ1) is 23.0. The van der Waals surface area contributed by atoms with Crippen LogP contribution < -0.4 is 20.1 Å². The predicted octanol–water partition coefficient (Wildman–Crippen LogP) is 2.81. The largest absolute Gasteiger partial charge is 0.454 e. The number of carbonyl (C=O) groups is 3. The van der Waals surface area contributed by atoms with E-state index in [2.05, 4.69) is 15.6 Å². The zero-order valence-corrected chi connectivity index (χ0v) is 20.4. The van der Waals surface area contributed by atoms with Gasteiger partial charge in [0.05, 0.1) is 12.5 Å². The molecule has 37 heavy (non-hydrogen) atoms. The van der Waals surface area contributed by atoms with Crippen molar-refractivity contribution in [2.45, 2.75) is 38.9 Å². The van der Waals surface area contributed by atoms with Crippen LogP contribution in [0, 0.1) is 6.92 Å². The van der Waals surface area contributed by atoms with Crippen LogP contribution >= 0.6 is 0 Å². The van der Waals surface area contributed by atoms with Crippen LogP contribution in [0.1, 0.15) is 61.1 Å². The second-order valence-corrected chi connectivity index (χ2v) is 9.46. The highest BCUT2D eigenvalue weighted by Gasteiger charge is 2.32. The quantitative estimate of drug-likeness (QED) is 0.560. The lowest BCUT2D eigenvalue weighted by molar-refractivity contribution is -0.132. The average Bonchev–Trinajstić information content (AvgIpc) is 3.51. The second-order valence-electron chi connectivity index (χ2n) is 9.46. The zero-order chi connectivity index (χ0) is 25.5. The van der Waals surface area contributed by atoms with Crippen molar-refractivity contribution in [2.75, 3.05) is 13.3 Å². The minimum Gasteiger partial charge on any atom is -0.454 e. The maximum absolute atomic E-state index is 13.2. The van der Waals surface area contributed by atoms with Crippen LogP contribution in [0.15, 0.2) is 48.7 Å². The normalized spacial score (nSPS) is 17.2. The second kappa shape index (κ2) is 9.24. The van der Waals surface area contributed by atoms with Gasteiger partial charge in [0.1, 0.15) is 0 Å². The standard InChI is InChI=1S/C28H26N4O5/c1-16-22(13-30-27(34)17-6-7-24-25(10-17)37-15-36-24)19-8-9-32(14-18(19)12-29-16)26(33)11-23-20-4-2-3-5-21(20)28(35)31-23/h2-7,10,12,23H,8-9,11,13-15H2,1H3,(H,30,34)(H,31,35). The van der Waals surface area contributed by atoms with Crippen molar-refractivity contribution in [3.63, 3.8) is 0 Å². The first-order valence-electron chi connectivity index (χ1n) is 12.3. The van der Waals surface area contributed by atoms with Crippen LogP contribution in [0.5, 0.6) is 11.5 Å². The summed E-state index contributed by atoms with van der Waals surface area (Å²) < 4.78 is 10.7. The Bertz CT molecular complexity index is 1440. The van der Waals surface area contributed by atoms with Gasteiger partial charge >= 0.3 is 0 Å². The average molecular weight is 499 g/mol. The van der Waals surface area contributed by atoms with E-state index in [1.807, 2.05) is 36.2 Å². The molecule has 4 heterocycles. The Morgan fingerprint density at radius 1 is 1.16 bits per heavy atom. The number of hydrogen-bond donors (Lipinski definition) is 2. The summed E-state index contributed by atoms with van der Waals surface area (Å²) in [4.78, 5) is 44.6. The fourth-order valence-electron chi connectivity index (χ4n) is 5.26.